The van der Waals surface area contributed by atoms with E-state index in [4.69, 9.17) is 14.3 Å². The lowest BCUT2D eigenvalue weighted by atomic mass is 10.2. The van der Waals surface area contributed by atoms with Gasteiger partial charge in [0.2, 0.25) is 10.0 Å². The summed E-state index contributed by atoms with van der Waals surface area (Å²) < 4.78 is 33.8. The van der Waals surface area contributed by atoms with Gasteiger partial charge in [0.15, 0.2) is 0 Å². The van der Waals surface area contributed by atoms with E-state index in [9.17, 15) is 18.0 Å². The highest BCUT2D eigenvalue weighted by atomic mass is 32.2. The molecule has 0 aliphatic carbocycles. The summed E-state index contributed by atoms with van der Waals surface area (Å²) in [6.45, 7) is 0.0613. The van der Waals surface area contributed by atoms with E-state index in [1.807, 2.05) is 0 Å². The summed E-state index contributed by atoms with van der Waals surface area (Å²) in [5, 5.41) is 7.66. The van der Waals surface area contributed by atoms with Crippen molar-refractivity contribution in [1.82, 2.24) is 10.2 Å². The molecule has 0 radical (unpaired) electrons. The zero-order valence-electron chi connectivity index (χ0n) is 16.9. The molecule has 2 heterocycles. The van der Waals surface area contributed by atoms with Crippen molar-refractivity contribution in [2.45, 2.75) is 11.4 Å². The molecule has 4 rings (SSSR count). The van der Waals surface area contributed by atoms with Crippen molar-refractivity contribution in [1.29, 1.82) is 0 Å². The number of methoxy groups -OCH3 is 1. The van der Waals surface area contributed by atoms with Gasteiger partial charge in [-0.05, 0) is 42.5 Å². The molecule has 3 amide bonds. The Bertz CT molecular complexity index is 1330. The summed E-state index contributed by atoms with van der Waals surface area (Å²) in [6, 6.07) is 15.8. The largest absolute Gasteiger partial charge is 0.496 e. The predicted molar refractivity (Wildman–Crippen MR) is 116 cm³/mol. The molecule has 0 atom stereocenters. The Morgan fingerprint density at radius 1 is 1.06 bits per heavy atom. The number of nitrogens with one attached hydrogen (secondary N) is 1. The predicted octanol–water partition coefficient (Wildman–Crippen LogP) is 2.70. The van der Waals surface area contributed by atoms with E-state index in [0.717, 1.165) is 4.90 Å². The van der Waals surface area contributed by atoms with Crippen LogP contribution in [0.5, 0.6) is 5.75 Å². The first-order valence-corrected chi connectivity index (χ1v) is 11.0. The molecule has 1 aromatic heterocycles. The van der Waals surface area contributed by atoms with Gasteiger partial charge < -0.3 is 14.5 Å². The first kappa shape index (κ1) is 21.3. The molecule has 32 heavy (non-hydrogen) atoms. The maximum Gasteiger partial charge on any atom is 0.329 e. The van der Waals surface area contributed by atoms with Crippen LogP contribution in [0, 0.1) is 0 Å². The molecule has 0 spiro atoms. The molecule has 9 nitrogen and oxygen atoms in total. The summed E-state index contributed by atoms with van der Waals surface area (Å²) in [5.74, 6) is 0.893. The number of hydrogen-bond acceptors (Lipinski definition) is 6. The molecule has 164 valence electrons. The lowest BCUT2D eigenvalue weighted by molar-refractivity contribution is -0.123. The van der Waals surface area contributed by atoms with Crippen LogP contribution >= 0.6 is 0 Å². The highest BCUT2D eigenvalue weighted by Gasteiger charge is 2.34. The first-order valence-electron chi connectivity index (χ1n) is 9.46. The Morgan fingerprint density at radius 2 is 1.78 bits per heavy atom. The Balaban J connectivity index is 1.53. The van der Waals surface area contributed by atoms with Crippen molar-refractivity contribution in [3.8, 4) is 17.1 Å². The van der Waals surface area contributed by atoms with E-state index in [2.05, 4.69) is 5.32 Å². The van der Waals surface area contributed by atoms with Crippen LogP contribution in [0.15, 0.2) is 75.7 Å². The van der Waals surface area contributed by atoms with E-state index in [1.165, 1.54) is 25.3 Å². The summed E-state index contributed by atoms with van der Waals surface area (Å²) in [5.41, 5.74) is 1.40. The number of sulfonamides is 1. The number of ether oxygens (including phenoxy) is 1. The van der Waals surface area contributed by atoms with Crippen molar-refractivity contribution in [3.63, 3.8) is 0 Å². The number of benzene rings is 2. The summed E-state index contributed by atoms with van der Waals surface area (Å²) in [4.78, 5) is 26.2. The quantitative estimate of drug-likeness (QED) is 0.436. The van der Waals surface area contributed by atoms with Crippen LogP contribution in [0.25, 0.3) is 17.4 Å². The first-order chi connectivity index (χ1) is 15.3. The van der Waals surface area contributed by atoms with Gasteiger partial charge in [-0.3, -0.25) is 9.69 Å². The summed E-state index contributed by atoms with van der Waals surface area (Å²) in [6.07, 6.45) is 1.44. The number of rotatable bonds is 6. The van der Waals surface area contributed by atoms with Crippen LogP contribution in [0.1, 0.15) is 11.3 Å². The maximum atomic E-state index is 12.8. The van der Waals surface area contributed by atoms with E-state index in [1.54, 1.807) is 48.5 Å². The number of hydrogen-bond donors (Lipinski definition) is 2. The molecule has 3 aromatic rings. The second-order valence-corrected chi connectivity index (χ2v) is 8.52. The Labute approximate surface area is 184 Å². The topological polar surface area (TPSA) is 132 Å². The minimum Gasteiger partial charge on any atom is -0.496 e. The molecular weight excluding hydrogens is 434 g/mol. The van der Waals surface area contributed by atoms with Gasteiger partial charge in [-0.15, -0.1) is 0 Å². The number of primary sulfonamides is 1. The van der Waals surface area contributed by atoms with Crippen LogP contribution in [0.2, 0.25) is 0 Å². The van der Waals surface area contributed by atoms with Crippen molar-refractivity contribution in [2.75, 3.05) is 7.11 Å². The molecular formula is C22H19N3O6S. The minimum absolute atomic E-state index is 0.00968. The van der Waals surface area contributed by atoms with Crippen LogP contribution in [0.3, 0.4) is 0 Å². The van der Waals surface area contributed by atoms with Gasteiger partial charge in [-0.1, -0.05) is 18.2 Å². The summed E-state index contributed by atoms with van der Waals surface area (Å²) in [7, 11) is -2.27. The van der Waals surface area contributed by atoms with E-state index < -0.39 is 22.0 Å². The Kier molecular flexibility index (Phi) is 5.56. The number of carbonyl (C=O) groups is 2. The number of imide groups is 1. The normalized spacial score (nSPS) is 15.3. The minimum atomic E-state index is -3.79. The number of carbonyl (C=O) groups excluding carboxylic acids is 2. The molecule has 1 fully saturated rings. The standard InChI is InChI=1S/C22H19N3O6S/c1-30-19-5-3-2-4-15(19)13-25-21(26)18(24-22(25)27)12-16-8-11-20(31-16)14-6-9-17(10-7-14)32(23,28)29/h2-12H,13H2,1H3,(H,24,27)(H2,23,28,29). The Morgan fingerprint density at radius 3 is 2.47 bits per heavy atom. The number of nitrogens with zero attached hydrogens (tertiary/aromatic N) is 1. The molecule has 1 aliphatic rings. The average molecular weight is 453 g/mol. The molecule has 0 bridgehead atoms. The number of nitrogens with two attached hydrogens (primary N) is 1. The van der Waals surface area contributed by atoms with Crippen LogP contribution < -0.4 is 15.2 Å². The van der Waals surface area contributed by atoms with E-state index >= 15 is 0 Å². The smallest absolute Gasteiger partial charge is 0.329 e. The fourth-order valence-electron chi connectivity index (χ4n) is 3.26. The third-order valence-corrected chi connectivity index (χ3v) is 5.79. The van der Waals surface area contributed by atoms with Gasteiger partial charge in [0, 0.05) is 17.2 Å². The van der Waals surface area contributed by atoms with Crippen LogP contribution in [-0.2, 0) is 21.4 Å². The monoisotopic (exact) mass is 453 g/mol. The van der Waals surface area contributed by atoms with Gasteiger partial charge in [0.25, 0.3) is 5.91 Å². The van der Waals surface area contributed by atoms with Crippen molar-refractivity contribution >= 4 is 28.0 Å². The van der Waals surface area contributed by atoms with Gasteiger partial charge in [0.05, 0.1) is 18.6 Å². The highest BCUT2D eigenvalue weighted by molar-refractivity contribution is 7.89. The second-order valence-electron chi connectivity index (χ2n) is 6.96. The summed E-state index contributed by atoms with van der Waals surface area (Å²) >= 11 is 0. The third-order valence-electron chi connectivity index (χ3n) is 4.86. The number of para-hydroxylation sites is 1. The average Bonchev–Trinajstić information content (AvgIpc) is 3.34. The molecule has 1 saturated heterocycles. The molecule has 0 unspecified atom stereocenters. The van der Waals surface area contributed by atoms with Crippen LogP contribution in [0.4, 0.5) is 4.79 Å². The van der Waals surface area contributed by atoms with Crippen molar-refractivity contribution in [3.05, 3.63) is 77.7 Å². The van der Waals surface area contributed by atoms with E-state index in [0.29, 0.717) is 28.4 Å². The number of amides is 3. The lowest BCUT2D eigenvalue weighted by Gasteiger charge is -2.14. The molecule has 1 aliphatic heterocycles. The molecule has 3 N–H and O–H groups in total. The fourth-order valence-corrected chi connectivity index (χ4v) is 3.77. The molecule has 2 aromatic carbocycles. The zero-order valence-corrected chi connectivity index (χ0v) is 17.8. The van der Waals surface area contributed by atoms with Gasteiger partial charge in [-0.2, -0.15) is 0 Å². The fraction of sp³-hybridized carbons (Fsp3) is 0.0909. The third kappa shape index (κ3) is 4.27. The Hall–Kier alpha value is -3.89. The molecule has 10 heteroatoms. The van der Waals surface area contributed by atoms with Crippen molar-refractivity contribution in [2.24, 2.45) is 5.14 Å². The molecule has 0 saturated carbocycles. The zero-order chi connectivity index (χ0) is 22.9. The SMILES string of the molecule is COc1ccccc1CN1C(=O)NC(=Cc2ccc(-c3ccc(S(N)(=O)=O)cc3)o2)C1=O. The number of urea groups is 1. The lowest BCUT2D eigenvalue weighted by Crippen LogP contribution is -2.30. The van der Waals surface area contributed by atoms with Gasteiger partial charge in [0.1, 0.15) is 23.0 Å². The maximum absolute atomic E-state index is 12.8. The van der Waals surface area contributed by atoms with Crippen molar-refractivity contribution < 1.29 is 27.2 Å². The second kappa shape index (κ2) is 8.33. The van der Waals surface area contributed by atoms with Gasteiger partial charge in [-0.25, -0.2) is 18.4 Å². The highest BCUT2D eigenvalue weighted by Crippen LogP contribution is 2.26. The van der Waals surface area contributed by atoms with Gasteiger partial charge >= 0.3 is 6.03 Å². The van der Waals surface area contributed by atoms with E-state index in [-0.39, 0.29) is 17.1 Å². The van der Waals surface area contributed by atoms with Crippen LogP contribution in [-0.4, -0.2) is 32.4 Å². The number of furan rings is 1.